The summed E-state index contributed by atoms with van der Waals surface area (Å²) < 4.78 is 0. The van der Waals surface area contributed by atoms with Gasteiger partial charge in [-0.3, -0.25) is 0 Å². The first-order valence-corrected chi connectivity index (χ1v) is 14.0. The van der Waals surface area contributed by atoms with E-state index in [1.54, 1.807) is 0 Å². The fraction of sp³-hybridized carbons (Fsp3) is 0.538. The molecule has 2 rings (SSSR count). The van der Waals surface area contributed by atoms with Crippen LogP contribution < -0.4 is 10.1 Å². The summed E-state index contributed by atoms with van der Waals surface area (Å²) in [6, 6.07) is 14.6. The maximum absolute atomic E-state index is 10.7. The third-order valence-electron chi connectivity index (χ3n) is 6.02. The average molecular weight is 412 g/mol. The molecular weight excluding hydrogens is 370 g/mol. The zero-order valence-electron chi connectivity index (χ0n) is 20.3. The lowest BCUT2D eigenvalue weighted by atomic mass is 9.78. The molecule has 0 atom stereocenters. The van der Waals surface area contributed by atoms with E-state index in [9.17, 15) is 5.11 Å². The van der Waals surface area contributed by atoms with E-state index in [-0.39, 0.29) is 10.8 Å². The van der Waals surface area contributed by atoms with Crippen molar-refractivity contribution < 1.29 is 5.11 Å². The van der Waals surface area contributed by atoms with Crippen LogP contribution in [0.5, 0.6) is 5.75 Å². The summed E-state index contributed by atoms with van der Waals surface area (Å²) in [5.74, 6) is 0.432. The maximum atomic E-state index is 10.7. The fourth-order valence-corrected chi connectivity index (χ4v) is 6.19. The topological polar surface area (TPSA) is 23.5 Å². The van der Waals surface area contributed by atoms with Crippen molar-refractivity contribution in [2.45, 2.75) is 77.9 Å². The Bertz CT molecular complexity index is 837. The lowest BCUT2D eigenvalue weighted by Crippen LogP contribution is -2.41. The van der Waals surface area contributed by atoms with Crippen molar-refractivity contribution in [3.8, 4) is 5.75 Å². The SMILES string of the molecule is CN(C)c1ccc([Si](C)(C)CCc2cc(C(C)(C)C)c(O)cc2C(C)(C)C)cc1. The van der Waals surface area contributed by atoms with E-state index in [1.165, 1.54) is 28.0 Å². The normalized spacial score (nSPS) is 12.9. The Morgan fingerprint density at radius 3 is 1.79 bits per heavy atom. The Balaban J connectivity index is 2.36. The first kappa shape index (κ1) is 23.5. The first-order valence-electron chi connectivity index (χ1n) is 10.8. The average Bonchev–Trinajstić information content (AvgIpc) is 2.58. The number of phenolic OH excluding ortho intramolecular Hbond substituents is 1. The highest BCUT2D eigenvalue weighted by atomic mass is 28.3. The van der Waals surface area contributed by atoms with Gasteiger partial charge >= 0.3 is 0 Å². The number of anilines is 1. The van der Waals surface area contributed by atoms with Gasteiger partial charge in [0.05, 0.1) is 8.07 Å². The molecule has 0 aliphatic rings. The van der Waals surface area contributed by atoms with E-state index in [1.807, 2.05) is 6.07 Å². The van der Waals surface area contributed by atoms with Crippen LogP contribution in [0, 0.1) is 0 Å². The Labute approximate surface area is 180 Å². The minimum absolute atomic E-state index is 0.0162. The van der Waals surface area contributed by atoms with Gasteiger partial charge in [-0.25, -0.2) is 0 Å². The van der Waals surface area contributed by atoms with Gasteiger partial charge < -0.3 is 10.0 Å². The van der Waals surface area contributed by atoms with Crippen molar-refractivity contribution in [2.24, 2.45) is 0 Å². The summed E-state index contributed by atoms with van der Waals surface area (Å²) in [5.41, 5.74) is 4.92. The molecule has 0 aliphatic carbocycles. The molecule has 2 aromatic rings. The summed E-state index contributed by atoms with van der Waals surface area (Å²) in [6.07, 6.45) is 1.06. The Kier molecular flexibility index (Phi) is 6.64. The lowest BCUT2D eigenvalue weighted by molar-refractivity contribution is 0.442. The molecule has 0 spiro atoms. The molecule has 0 fully saturated rings. The molecule has 0 saturated carbocycles. The summed E-state index contributed by atoms with van der Waals surface area (Å²) in [7, 11) is 2.61. The second-order valence-corrected chi connectivity index (χ2v) is 16.2. The number of hydrogen-bond acceptors (Lipinski definition) is 2. The highest BCUT2D eigenvalue weighted by Gasteiger charge is 2.28. The van der Waals surface area contributed by atoms with Crippen molar-refractivity contribution in [3.05, 3.63) is 53.1 Å². The molecule has 1 N–H and O–H groups in total. The molecule has 0 amide bonds. The van der Waals surface area contributed by atoms with Gasteiger partial charge in [0.15, 0.2) is 0 Å². The van der Waals surface area contributed by atoms with E-state index in [0.29, 0.717) is 5.75 Å². The van der Waals surface area contributed by atoms with Gasteiger partial charge in [-0.1, -0.05) is 78.0 Å². The number of benzene rings is 2. The van der Waals surface area contributed by atoms with Gasteiger partial charge in [0, 0.05) is 19.8 Å². The zero-order valence-corrected chi connectivity index (χ0v) is 21.3. The molecule has 0 aliphatic heterocycles. The molecular formula is C26H41NOSi. The van der Waals surface area contributed by atoms with Gasteiger partial charge in [-0.15, -0.1) is 0 Å². The molecule has 0 bridgehead atoms. The predicted octanol–water partition coefficient (Wildman–Crippen LogP) is 6.21. The van der Waals surface area contributed by atoms with Crippen molar-refractivity contribution >= 4 is 18.9 Å². The van der Waals surface area contributed by atoms with Gasteiger partial charge in [0.1, 0.15) is 5.75 Å². The van der Waals surface area contributed by atoms with E-state index in [2.05, 4.69) is 104 Å². The summed E-state index contributed by atoms with van der Waals surface area (Å²) in [5, 5.41) is 12.2. The molecule has 29 heavy (non-hydrogen) atoms. The quantitative estimate of drug-likeness (QED) is 0.591. The molecule has 3 heteroatoms. The molecule has 0 aromatic heterocycles. The van der Waals surface area contributed by atoms with E-state index < -0.39 is 8.07 Å². The Hall–Kier alpha value is -1.74. The smallest absolute Gasteiger partial charge is 0.119 e. The maximum Gasteiger partial charge on any atom is 0.119 e. The van der Waals surface area contributed by atoms with Gasteiger partial charge in [-0.2, -0.15) is 0 Å². The summed E-state index contributed by atoms with van der Waals surface area (Å²) >= 11 is 0. The summed E-state index contributed by atoms with van der Waals surface area (Å²) in [6.45, 7) is 18.2. The van der Waals surface area contributed by atoms with E-state index >= 15 is 0 Å². The van der Waals surface area contributed by atoms with E-state index in [4.69, 9.17) is 0 Å². The molecule has 0 unspecified atom stereocenters. The van der Waals surface area contributed by atoms with Crippen LogP contribution in [0.25, 0.3) is 0 Å². The lowest BCUT2D eigenvalue weighted by Gasteiger charge is -2.30. The predicted molar refractivity (Wildman–Crippen MR) is 132 cm³/mol. The number of aryl methyl sites for hydroxylation is 1. The van der Waals surface area contributed by atoms with Gasteiger partial charge in [-0.05, 0) is 58.2 Å². The van der Waals surface area contributed by atoms with Crippen LogP contribution >= 0.6 is 0 Å². The Morgan fingerprint density at radius 1 is 0.828 bits per heavy atom. The van der Waals surface area contributed by atoms with Crippen molar-refractivity contribution in [1.29, 1.82) is 0 Å². The summed E-state index contributed by atoms with van der Waals surface area (Å²) in [4.78, 5) is 2.15. The molecule has 160 valence electrons. The minimum atomic E-state index is -1.56. The molecule has 2 aromatic carbocycles. The number of nitrogens with zero attached hydrogens (tertiary/aromatic N) is 1. The van der Waals surface area contributed by atoms with Crippen LogP contribution in [0.4, 0.5) is 5.69 Å². The van der Waals surface area contributed by atoms with Gasteiger partial charge in [0.2, 0.25) is 0 Å². The highest BCUT2D eigenvalue weighted by molar-refractivity contribution is 6.89. The van der Waals surface area contributed by atoms with Gasteiger partial charge in [0.25, 0.3) is 0 Å². The van der Waals surface area contributed by atoms with Crippen molar-refractivity contribution in [3.63, 3.8) is 0 Å². The number of rotatable bonds is 5. The minimum Gasteiger partial charge on any atom is -0.508 e. The van der Waals surface area contributed by atoms with Crippen LogP contribution in [-0.2, 0) is 17.3 Å². The number of aromatic hydroxyl groups is 1. The monoisotopic (exact) mass is 411 g/mol. The van der Waals surface area contributed by atoms with Crippen molar-refractivity contribution in [1.82, 2.24) is 0 Å². The standard InChI is InChI=1S/C26H41NOSi/c1-25(2,3)22-18-24(28)23(26(4,5)6)17-19(22)15-16-29(9,10)21-13-11-20(12-14-21)27(7)8/h11-14,17-18,28H,15-16H2,1-10H3. The van der Waals surface area contributed by atoms with Crippen LogP contribution in [0.3, 0.4) is 0 Å². The fourth-order valence-electron chi connectivity index (χ4n) is 3.94. The highest BCUT2D eigenvalue weighted by Crippen LogP contribution is 2.38. The second-order valence-electron chi connectivity index (χ2n) is 11.4. The first-order chi connectivity index (χ1) is 13.1. The number of hydrogen-bond donors (Lipinski definition) is 1. The van der Waals surface area contributed by atoms with E-state index in [0.717, 1.165) is 12.0 Å². The second kappa shape index (κ2) is 8.18. The zero-order chi connectivity index (χ0) is 22.2. The molecule has 0 heterocycles. The van der Waals surface area contributed by atoms with Crippen LogP contribution in [0.2, 0.25) is 19.1 Å². The van der Waals surface area contributed by atoms with Crippen LogP contribution in [0.15, 0.2) is 36.4 Å². The van der Waals surface area contributed by atoms with Crippen molar-refractivity contribution in [2.75, 3.05) is 19.0 Å². The third kappa shape index (κ3) is 5.66. The Morgan fingerprint density at radius 2 is 1.34 bits per heavy atom. The van der Waals surface area contributed by atoms with Crippen LogP contribution in [-0.4, -0.2) is 27.3 Å². The molecule has 0 saturated heterocycles. The third-order valence-corrected chi connectivity index (χ3v) is 9.42. The molecule has 2 nitrogen and oxygen atoms in total. The number of phenols is 1. The largest absolute Gasteiger partial charge is 0.508 e. The van der Waals surface area contributed by atoms with Crippen LogP contribution in [0.1, 0.15) is 58.2 Å². The molecule has 0 radical (unpaired) electrons.